The highest BCUT2D eigenvalue weighted by atomic mass is 32.2. The average molecular weight is 318 g/mol. The third-order valence-corrected chi connectivity index (χ3v) is 6.26. The summed E-state index contributed by atoms with van der Waals surface area (Å²) in [6.07, 6.45) is 2.03. The molecule has 1 fully saturated rings. The fourth-order valence-corrected chi connectivity index (χ4v) is 4.56. The molecule has 2 heterocycles. The van der Waals surface area contributed by atoms with Gasteiger partial charge in [0.1, 0.15) is 16.2 Å². The standard InChI is InChI=1S/C10H14N4O6S/c1-10(5-14-3-2-11-13-14)8(9(17)18)12-6(4-7(15)16)21(10,19)20/h2-3,6,8,12H,4-5H2,1H3,(H,15,16)(H,17,18)/t6?,8-,10-/m0/s1. The van der Waals surface area contributed by atoms with Crippen LogP contribution >= 0.6 is 0 Å². The Morgan fingerprint density at radius 3 is 2.57 bits per heavy atom. The number of aromatic nitrogens is 3. The van der Waals surface area contributed by atoms with Gasteiger partial charge in [0.15, 0.2) is 9.84 Å². The van der Waals surface area contributed by atoms with Crippen LogP contribution in [0.1, 0.15) is 13.3 Å². The molecule has 0 spiro atoms. The van der Waals surface area contributed by atoms with Crippen molar-refractivity contribution in [2.24, 2.45) is 0 Å². The highest BCUT2D eigenvalue weighted by Crippen LogP contribution is 2.35. The molecule has 1 aromatic rings. The SMILES string of the molecule is C[C@]1(Cn2ccnn2)[C@H](C(=O)O)NC(CC(=O)O)S1(=O)=O. The summed E-state index contributed by atoms with van der Waals surface area (Å²) in [6.45, 7) is 1.02. The summed E-state index contributed by atoms with van der Waals surface area (Å²) in [7, 11) is -4.05. The van der Waals surface area contributed by atoms with Gasteiger partial charge in [-0.25, -0.2) is 8.42 Å². The molecule has 10 nitrogen and oxygen atoms in total. The van der Waals surface area contributed by atoms with Crippen LogP contribution < -0.4 is 5.32 Å². The smallest absolute Gasteiger partial charge is 0.322 e. The van der Waals surface area contributed by atoms with E-state index >= 15 is 0 Å². The van der Waals surface area contributed by atoms with Gasteiger partial charge in [0.05, 0.1) is 19.2 Å². The number of rotatable bonds is 5. The first-order valence-electron chi connectivity index (χ1n) is 5.96. The third kappa shape index (κ3) is 2.49. The van der Waals surface area contributed by atoms with E-state index in [2.05, 4.69) is 15.6 Å². The van der Waals surface area contributed by atoms with E-state index in [1.165, 1.54) is 24.0 Å². The molecular weight excluding hydrogens is 304 g/mol. The van der Waals surface area contributed by atoms with Crippen LogP contribution in [0.3, 0.4) is 0 Å². The summed E-state index contributed by atoms with van der Waals surface area (Å²) in [5.74, 6) is -2.70. The Balaban J connectivity index is 2.43. The number of carboxylic acids is 2. The fourth-order valence-electron chi connectivity index (χ4n) is 2.42. The normalized spacial score (nSPS) is 31.1. The Kier molecular flexibility index (Phi) is 3.72. The molecule has 0 amide bonds. The maximum absolute atomic E-state index is 12.5. The highest BCUT2D eigenvalue weighted by Gasteiger charge is 2.60. The van der Waals surface area contributed by atoms with Gasteiger partial charge in [-0.05, 0) is 6.92 Å². The summed E-state index contributed by atoms with van der Waals surface area (Å²) in [5.41, 5.74) is 0. The van der Waals surface area contributed by atoms with Crippen molar-refractivity contribution in [3.8, 4) is 0 Å². The molecule has 2 rings (SSSR count). The van der Waals surface area contributed by atoms with Crippen LogP contribution in [-0.4, -0.2) is 61.7 Å². The van der Waals surface area contributed by atoms with E-state index in [1.54, 1.807) is 0 Å². The Labute approximate surface area is 119 Å². The van der Waals surface area contributed by atoms with Crippen LogP contribution in [0.2, 0.25) is 0 Å². The quantitative estimate of drug-likeness (QED) is 0.577. The third-order valence-electron chi connectivity index (χ3n) is 3.54. The second-order valence-corrected chi connectivity index (χ2v) is 7.57. The van der Waals surface area contributed by atoms with Gasteiger partial charge in [-0.1, -0.05) is 5.21 Å². The molecule has 1 saturated heterocycles. The summed E-state index contributed by atoms with van der Waals surface area (Å²) in [6, 6.07) is -1.43. The van der Waals surface area contributed by atoms with E-state index in [1.807, 2.05) is 0 Å². The van der Waals surface area contributed by atoms with E-state index in [4.69, 9.17) is 5.11 Å². The lowest BCUT2D eigenvalue weighted by Crippen LogP contribution is -2.51. The van der Waals surface area contributed by atoms with E-state index in [0.29, 0.717) is 0 Å². The van der Waals surface area contributed by atoms with Crippen molar-refractivity contribution in [3.05, 3.63) is 12.4 Å². The average Bonchev–Trinajstić information content (AvgIpc) is 2.90. The van der Waals surface area contributed by atoms with Crippen LogP contribution in [0.4, 0.5) is 0 Å². The zero-order valence-corrected chi connectivity index (χ0v) is 11.8. The Bertz CT molecular complexity index is 657. The molecule has 1 aliphatic heterocycles. The minimum Gasteiger partial charge on any atom is -0.481 e. The molecule has 0 saturated carbocycles. The van der Waals surface area contributed by atoms with Crippen LogP contribution in [-0.2, 0) is 26.0 Å². The van der Waals surface area contributed by atoms with Gasteiger partial charge in [0.2, 0.25) is 0 Å². The fraction of sp³-hybridized carbons (Fsp3) is 0.600. The molecule has 11 heteroatoms. The van der Waals surface area contributed by atoms with Crippen molar-refractivity contribution < 1.29 is 28.2 Å². The van der Waals surface area contributed by atoms with Crippen molar-refractivity contribution >= 4 is 21.8 Å². The molecule has 3 atom stereocenters. The summed E-state index contributed by atoms with van der Waals surface area (Å²) in [4.78, 5) is 22.1. The first kappa shape index (κ1) is 15.4. The summed E-state index contributed by atoms with van der Waals surface area (Å²) in [5, 5.41) is 26.1. The van der Waals surface area contributed by atoms with Crippen molar-refractivity contribution in [2.45, 2.75) is 36.1 Å². The number of aliphatic carboxylic acids is 2. The van der Waals surface area contributed by atoms with Gasteiger partial charge in [-0.3, -0.25) is 19.6 Å². The number of hydrogen-bond acceptors (Lipinski definition) is 7. The molecule has 1 aromatic heterocycles. The van der Waals surface area contributed by atoms with E-state index in [0.717, 1.165) is 0 Å². The molecule has 0 radical (unpaired) electrons. The van der Waals surface area contributed by atoms with Crippen LogP contribution in [0.15, 0.2) is 12.4 Å². The topological polar surface area (TPSA) is 151 Å². The van der Waals surface area contributed by atoms with Gasteiger partial charge in [-0.15, -0.1) is 5.10 Å². The largest absolute Gasteiger partial charge is 0.481 e. The Hall–Kier alpha value is -2.01. The minimum absolute atomic E-state index is 0.241. The van der Waals surface area contributed by atoms with Crippen LogP contribution in [0.5, 0.6) is 0 Å². The number of carboxylic acid groups (broad SMARTS) is 2. The second-order valence-electron chi connectivity index (χ2n) is 4.98. The molecule has 21 heavy (non-hydrogen) atoms. The molecule has 0 aromatic carbocycles. The van der Waals surface area contributed by atoms with Gasteiger partial charge in [0, 0.05) is 6.20 Å². The molecule has 3 N–H and O–H groups in total. The first-order chi connectivity index (χ1) is 9.68. The molecule has 116 valence electrons. The Morgan fingerprint density at radius 2 is 2.10 bits per heavy atom. The lowest BCUT2D eigenvalue weighted by molar-refractivity contribution is -0.141. The van der Waals surface area contributed by atoms with Crippen molar-refractivity contribution in [1.29, 1.82) is 0 Å². The maximum Gasteiger partial charge on any atom is 0.322 e. The number of hydrogen-bond donors (Lipinski definition) is 3. The number of carbonyl (C=O) groups is 2. The molecule has 0 bridgehead atoms. The predicted molar refractivity (Wildman–Crippen MR) is 67.9 cm³/mol. The highest BCUT2D eigenvalue weighted by molar-refractivity contribution is 7.93. The number of nitrogens with one attached hydrogen (secondary N) is 1. The zero-order valence-electron chi connectivity index (χ0n) is 11.0. The monoisotopic (exact) mass is 318 g/mol. The summed E-state index contributed by atoms with van der Waals surface area (Å²) < 4.78 is 24.6. The second kappa shape index (κ2) is 5.07. The van der Waals surface area contributed by atoms with Crippen molar-refractivity contribution in [3.63, 3.8) is 0 Å². The van der Waals surface area contributed by atoms with Crippen molar-refractivity contribution in [2.75, 3.05) is 0 Å². The van der Waals surface area contributed by atoms with Crippen LogP contribution in [0.25, 0.3) is 0 Å². The number of sulfone groups is 1. The van der Waals surface area contributed by atoms with E-state index < -0.39 is 44.4 Å². The van der Waals surface area contributed by atoms with E-state index in [9.17, 15) is 23.1 Å². The Morgan fingerprint density at radius 1 is 1.43 bits per heavy atom. The van der Waals surface area contributed by atoms with Crippen LogP contribution in [0, 0.1) is 0 Å². The molecular formula is C10H14N4O6S. The lowest BCUT2D eigenvalue weighted by Gasteiger charge is -2.26. The molecule has 1 unspecified atom stereocenters. The maximum atomic E-state index is 12.5. The summed E-state index contributed by atoms with van der Waals surface area (Å²) >= 11 is 0. The number of nitrogens with zero attached hydrogens (tertiary/aromatic N) is 3. The zero-order chi connectivity index (χ0) is 15.8. The minimum atomic E-state index is -4.05. The van der Waals surface area contributed by atoms with Gasteiger partial charge < -0.3 is 10.2 Å². The van der Waals surface area contributed by atoms with Crippen molar-refractivity contribution in [1.82, 2.24) is 20.3 Å². The molecule has 0 aliphatic carbocycles. The van der Waals surface area contributed by atoms with Gasteiger partial charge in [-0.2, -0.15) is 0 Å². The van der Waals surface area contributed by atoms with Gasteiger partial charge in [0.25, 0.3) is 0 Å². The van der Waals surface area contributed by atoms with E-state index in [-0.39, 0.29) is 6.54 Å². The van der Waals surface area contributed by atoms with Gasteiger partial charge >= 0.3 is 11.9 Å². The lowest BCUT2D eigenvalue weighted by atomic mass is 10.0. The first-order valence-corrected chi connectivity index (χ1v) is 7.51. The molecule has 1 aliphatic rings. The predicted octanol–water partition coefficient (Wildman–Crippen LogP) is -1.69.